The van der Waals surface area contributed by atoms with Gasteiger partial charge in [-0.1, -0.05) is 23.8 Å². The summed E-state index contributed by atoms with van der Waals surface area (Å²) >= 11 is 1.52. The second-order valence-corrected chi connectivity index (χ2v) is 8.88. The quantitative estimate of drug-likeness (QED) is 0.504. The molecule has 0 atom stereocenters. The van der Waals surface area contributed by atoms with Crippen LogP contribution < -0.4 is 14.8 Å². The molecule has 0 bridgehead atoms. The first-order chi connectivity index (χ1) is 15.9. The molecule has 1 amide bonds. The van der Waals surface area contributed by atoms with E-state index in [-0.39, 0.29) is 11.7 Å². The minimum atomic E-state index is -0.0323. The minimum absolute atomic E-state index is 0.0283. The summed E-state index contributed by atoms with van der Waals surface area (Å²) in [4.78, 5) is 17.8. The third kappa shape index (κ3) is 4.64. The van der Waals surface area contributed by atoms with Crippen LogP contribution in [0.25, 0.3) is 17.2 Å². The molecule has 1 aromatic heterocycles. The molecule has 1 heterocycles. The second kappa shape index (κ2) is 9.50. The number of amides is 1. The van der Waals surface area contributed by atoms with Crippen LogP contribution in [0.2, 0.25) is 0 Å². The maximum Gasteiger partial charge on any atom is 0.224 e. The summed E-state index contributed by atoms with van der Waals surface area (Å²) in [5, 5.41) is 13.2. The summed E-state index contributed by atoms with van der Waals surface area (Å²) in [5.74, 6) is 0.620. The zero-order valence-corrected chi connectivity index (χ0v) is 19.9. The number of nitrogens with one attached hydrogen (secondary N) is 1. The van der Waals surface area contributed by atoms with Gasteiger partial charge in [0.1, 0.15) is 0 Å². The number of ether oxygens (including phenoxy) is 2. The molecule has 6 nitrogen and oxygen atoms in total. The number of fused-ring (bicyclic) bond motifs is 1. The van der Waals surface area contributed by atoms with Gasteiger partial charge in [-0.2, -0.15) is 0 Å². The zero-order valence-electron chi connectivity index (χ0n) is 19.1. The Morgan fingerprint density at radius 2 is 1.85 bits per heavy atom. The predicted octanol–water partition coefficient (Wildman–Crippen LogP) is 5.21. The van der Waals surface area contributed by atoms with E-state index in [1.54, 1.807) is 23.8 Å². The summed E-state index contributed by atoms with van der Waals surface area (Å²) in [6.07, 6.45) is 4.10. The minimum Gasteiger partial charge on any atom is -0.502 e. The molecule has 1 aliphatic carbocycles. The van der Waals surface area contributed by atoms with Crippen molar-refractivity contribution in [2.75, 3.05) is 14.2 Å². The number of methoxy groups -OCH3 is 2. The highest BCUT2D eigenvalue weighted by Gasteiger charge is 2.25. The number of thiazole rings is 1. The van der Waals surface area contributed by atoms with Crippen LogP contribution in [-0.2, 0) is 11.3 Å². The van der Waals surface area contributed by atoms with Gasteiger partial charge in [-0.3, -0.25) is 9.78 Å². The van der Waals surface area contributed by atoms with Crippen molar-refractivity contribution in [3.63, 3.8) is 0 Å². The van der Waals surface area contributed by atoms with Gasteiger partial charge in [0.25, 0.3) is 0 Å². The third-order valence-electron chi connectivity index (χ3n) is 5.74. The van der Waals surface area contributed by atoms with Gasteiger partial charge in [0.2, 0.25) is 11.7 Å². The average molecular weight is 463 g/mol. The molecule has 0 unspecified atom stereocenters. The largest absolute Gasteiger partial charge is 0.502 e. The Kier molecular flexibility index (Phi) is 6.51. The molecule has 7 heteroatoms. The Labute approximate surface area is 197 Å². The van der Waals surface area contributed by atoms with E-state index in [2.05, 4.69) is 35.4 Å². The summed E-state index contributed by atoms with van der Waals surface area (Å²) in [7, 11) is 3.01. The highest BCUT2D eigenvalue weighted by Crippen LogP contribution is 2.45. The number of aryl methyl sites for hydroxylation is 1. The molecule has 3 aromatic rings. The van der Waals surface area contributed by atoms with Crippen molar-refractivity contribution in [2.45, 2.75) is 26.8 Å². The molecule has 0 radical (unpaired) electrons. The van der Waals surface area contributed by atoms with Crippen molar-refractivity contribution >= 4 is 34.5 Å². The molecule has 4 rings (SSSR count). The average Bonchev–Trinajstić information content (AvgIpc) is 3.41. The molecule has 0 spiro atoms. The van der Waals surface area contributed by atoms with Crippen molar-refractivity contribution < 1.29 is 19.4 Å². The van der Waals surface area contributed by atoms with Crippen molar-refractivity contribution in [1.29, 1.82) is 0 Å². The first-order valence-electron chi connectivity index (χ1n) is 10.5. The van der Waals surface area contributed by atoms with Crippen molar-refractivity contribution in [3.8, 4) is 17.2 Å². The molecule has 0 aliphatic heterocycles. The van der Waals surface area contributed by atoms with Crippen LogP contribution in [0.5, 0.6) is 17.2 Å². The smallest absolute Gasteiger partial charge is 0.224 e. The van der Waals surface area contributed by atoms with E-state index in [1.807, 2.05) is 13.0 Å². The normalized spacial score (nSPS) is 13.9. The lowest BCUT2D eigenvalue weighted by atomic mass is 9.98. The Morgan fingerprint density at radius 3 is 2.48 bits per heavy atom. The highest BCUT2D eigenvalue weighted by molar-refractivity contribution is 7.09. The van der Waals surface area contributed by atoms with E-state index in [1.165, 1.54) is 25.6 Å². The number of nitrogens with zero attached hydrogens (tertiary/aromatic N) is 1. The lowest BCUT2D eigenvalue weighted by molar-refractivity contribution is -0.120. The maximum absolute atomic E-state index is 12.8. The number of phenolic OH excluding ortho intramolecular Hbond substituents is 1. The molecule has 2 aromatic carbocycles. The molecule has 0 saturated heterocycles. The van der Waals surface area contributed by atoms with Crippen molar-refractivity contribution in [2.24, 2.45) is 0 Å². The molecule has 170 valence electrons. The molecular weight excluding hydrogens is 436 g/mol. The lowest BCUT2D eigenvalue weighted by Crippen LogP contribution is -2.22. The number of aromatic hydroxyl groups is 1. The molecule has 33 heavy (non-hydrogen) atoms. The number of aromatic nitrogens is 1. The first kappa shape index (κ1) is 22.6. The van der Waals surface area contributed by atoms with Gasteiger partial charge in [-0.05, 0) is 65.5 Å². The molecule has 1 aliphatic rings. The van der Waals surface area contributed by atoms with E-state index >= 15 is 0 Å². The highest BCUT2D eigenvalue weighted by atomic mass is 32.1. The maximum atomic E-state index is 12.8. The number of allylic oxidation sites excluding steroid dienone is 2. The number of rotatable bonds is 7. The Morgan fingerprint density at radius 1 is 1.12 bits per heavy atom. The molecule has 0 fully saturated rings. The van der Waals surface area contributed by atoms with Gasteiger partial charge in [0, 0.05) is 11.1 Å². The van der Waals surface area contributed by atoms with Crippen LogP contribution in [0.4, 0.5) is 0 Å². The Balaban J connectivity index is 1.70. The molecule has 2 N–H and O–H groups in total. The predicted molar refractivity (Wildman–Crippen MR) is 131 cm³/mol. The number of carbonyl (C=O) groups is 1. The fourth-order valence-corrected chi connectivity index (χ4v) is 4.56. The Bertz CT molecular complexity index is 1230. The van der Waals surface area contributed by atoms with E-state index in [0.717, 1.165) is 43.9 Å². The van der Waals surface area contributed by atoms with Crippen molar-refractivity contribution in [1.82, 2.24) is 10.3 Å². The standard InChI is InChI=1S/C26H26N2O4S/c1-15-5-6-19-20(8-17-9-23(31-3)26(30)24(10-17)32-4)16(2)21(22(19)7-15)11-25(29)28-13-18-12-27-14-33-18/h5-10,12,14,30H,11,13H2,1-4H3,(H,28,29)/b20-8-. The van der Waals surface area contributed by atoms with E-state index in [0.29, 0.717) is 24.5 Å². The monoisotopic (exact) mass is 462 g/mol. The number of hydrogen-bond acceptors (Lipinski definition) is 6. The van der Waals surface area contributed by atoms with Crippen LogP contribution >= 0.6 is 11.3 Å². The summed E-state index contributed by atoms with van der Waals surface area (Å²) in [6, 6.07) is 9.84. The van der Waals surface area contributed by atoms with Gasteiger partial charge in [0.15, 0.2) is 11.5 Å². The van der Waals surface area contributed by atoms with E-state index in [4.69, 9.17) is 9.47 Å². The summed E-state index contributed by atoms with van der Waals surface area (Å²) in [6.45, 7) is 4.57. The first-order valence-corrected chi connectivity index (χ1v) is 11.4. The van der Waals surface area contributed by atoms with Gasteiger partial charge >= 0.3 is 0 Å². The number of phenols is 1. The topological polar surface area (TPSA) is 80.7 Å². The number of benzene rings is 2. The SMILES string of the molecule is COc1cc(/C=C2/C(C)=C(CC(=O)NCc3cncs3)c3cc(C)ccc32)cc(OC)c1O. The lowest BCUT2D eigenvalue weighted by Gasteiger charge is -2.11. The van der Waals surface area contributed by atoms with Crippen LogP contribution in [0.3, 0.4) is 0 Å². The summed E-state index contributed by atoms with van der Waals surface area (Å²) < 4.78 is 10.6. The van der Waals surface area contributed by atoms with Gasteiger partial charge < -0.3 is 19.9 Å². The fourth-order valence-electron chi connectivity index (χ4n) is 4.02. The van der Waals surface area contributed by atoms with Gasteiger partial charge in [0.05, 0.1) is 32.7 Å². The van der Waals surface area contributed by atoms with Crippen LogP contribution in [0.15, 0.2) is 47.6 Å². The third-order valence-corrected chi connectivity index (χ3v) is 6.52. The second-order valence-electron chi connectivity index (χ2n) is 7.91. The van der Waals surface area contributed by atoms with Crippen LogP contribution in [0, 0.1) is 6.92 Å². The van der Waals surface area contributed by atoms with Crippen molar-refractivity contribution in [3.05, 3.63) is 74.7 Å². The van der Waals surface area contributed by atoms with E-state index in [9.17, 15) is 9.90 Å². The van der Waals surface area contributed by atoms with Gasteiger partial charge in [-0.15, -0.1) is 11.3 Å². The zero-order chi connectivity index (χ0) is 23.5. The molecule has 0 saturated carbocycles. The van der Waals surface area contributed by atoms with Crippen LogP contribution in [-0.4, -0.2) is 30.2 Å². The number of carbonyl (C=O) groups excluding carboxylic acids is 1. The summed E-state index contributed by atoms with van der Waals surface area (Å²) in [5.41, 5.74) is 8.98. The van der Waals surface area contributed by atoms with E-state index < -0.39 is 0 Å². The molecular formula is C26H26N2O4S. The van der Waals surface area contributed by atoms with Gasteiger partial charge in [-0.25, -0.2) is 0 Å². The Hall–Kier alpha value is -3.58. The fraction of sp³-hybridized carbons (Fsp3) is 0.231. The van der Waals surface area contributed by atoms with Crippen LogP contribution in [0.1, 0.15) is 40.5 Å². The number of hydrogen-bond donors (Lipinski definition) is 2.